The highest BCUT2D eigenvalue weighted by atomic mass is 35.5. The van der Waals surface area contributed by atoms with Gasteiger partial charge in [0, 0.05) is 14.8 Å². The molecule has 0 aliphatic carbocycles. The Morgan fingerprint density at radius 3 is 2.37 bits per heavy atom. The molecule has 1 amide bonds. The fourth-order valence-corrected chi connectivity index (χ4v) is 5.44. The molecule has 3 rings (SSSR count). The van der Waals surface area contributed by atoms with Gasteiger partial charge in [-0.3, -0.25) is 4.79 Å². The Bertz CT molecular complexity index is 1160. The Labute approximate surface area is 189 Å². The maximum atomic E-state index is 12.7. The summed E-state index contributed by atoms with van der Waals surface area (Å²) in [6.07, 6.45) is 0. The monoisotopic (exact) mass is 480 g/mol. The number of rotatable bonds is 7. The molecule has 0 saturated heterocycles. The van der Waals surface area contributed by atoms with Gasteiger partial charge in [0.05, 0.1) is 16.8 Å². The van der Waals surface area contributed by atoms with Crippen LogP contribution in [0.2, 0.25) is 10.0 Å². The maximum absolute atomic E-state index is 12.7. The van der Waals surface area contributed by atoms with E-state index in [1.807, 2.05) is 42.5 Å². The van der Waals surface area contributed by atoms with E-state index >= 15 is 0 Å². The van der Waals surface area contributed by atoms with E-state index in [1.165, 1.54) is 36.9 Å². The first kappa shape index (κ1) is 22.7. The van der Waals surface area contributed by atoms with Crippen molar-refractivity contribution in [3.05, 3.63) is 82.8 Å². The SMILES string of the molecule is C[C@@H](NS(=O)(=O)c1cc(Cl)ccc1Cl)C(=O)Nc1ccccc1Sc1ccccc1. The number of carbonyl (C=O) groups is 1. The van der Waals surface area contributed by atoms with Gasteiger partial charge in [-0.25, -0.2) is 8.42 Å². The highest BCUT2D eigenvalue weighted by Crippen LogP contribution is 2.33. The molecule has 0 aliphatic heterocycles. The van der Waals surface area contributed by atoms with Crippen LogP contribution in [0.1, 0.15) is 6.92 Å². The lowest BCUT2D eigenvalue weighted by molar-refractivity contribution is -0.117. The molecule has 0 saturated carbocycles. The van der Waals surface area contributed by atoms with Gasteiger partial charge in [0.15, 0.2) is 0 Å². The summed E-state index contributed by atoms with van der Waals surface area (Å²) in [6.45, 7) is 1.46. The van der Waals surface area contributed by atoms with E-state index in [0.717, 1.165) is 9.79 Å². The average Bonchev–Trinajstić information content (AvgIpc) is 2.71. The fraction of sp³-hybridized carbons (Fsp3) is 0.0952. The predicted molar refractivity (Wildman–Crippen MR) is 122 cm³/mol. The van der Waals surface area contributed by atoms with E-state index in [4.69, 9.17) is 23.2 Å². The summed E-state index contributed by atoms with van der Waals surface area (Å²) in [5.41, 5.74) is 0.586. The lowest BCUT2D eigenvalue weighted by Gasteiger charge is -2.17. The number of carbonyl (C=O) groups excluding carboxylic acids is 1. The molecule has 0 unspecified atom stereocenters. The third kappa shape index (κ3) is 5.77. The summed E-state index contributed by atoms with van der Waals surface area (Å²) < 4.78 is 27.6. The molecular weight excluding hydrogens is 463 g/mol. The Morgan fingerprint density at radius 1 is 0.967 bits per heavy atom. The molecule has 30 heavy (non-hydrogen) atoms. The lowest BCUT2D eigenvalue weighted by Crippen LogP contribution is -2.41. The summed E-state index contributed by atoms with van der Waals surface area (Å²) in [4.78, 5) is 14.3. The topological polar surface area (TPSA) is 75.3 Å². The summed E-state index contributed by atoms with van der Waals surface area (Å²) in [7, 11) is -4.04. The average molecular weight is 481 g/mol. The van der Waals surface area contributed by atoms with Crippen LogP contribution in [0.25, 0.3) is 0 Å². The first-order valence-corrected chi connectivity index (χ1v) is 11.9. The molecule has 0 aromatic heterocycles. The molecule has 156 valence electrons. The molecule has 2 N–H and O–H groups in total. The van der Waals surface area contributed by atoms with E-state index in [9.17, 15) is 13.2 Å². The van der Waals surface area contributed by atoms with Crippen LogP contribution in [0.15, 0.2) is 87.5 Å². The number of hydrogen-bond donors (Lipinski definition) is 2. The normalized spacial score (nSPS) is 12.4. The number of nitrogens with one attached hydrogen (secondary N) is 2. The van der Waals surface area contributed by atoms with Crippen LogP contribution in [0.4, 0.5) is 5.69 Å². The number of sulfonamides is 1. The predicted octanol–water partition coefficient (Wildman–Crippen LogP) is 5.45. The first-order valence-electron chi connectivity index (χ1n) is 8.86. The third-order valence-electron chi connectivity index (χ3n) is 4.02. The summed E-state index contributed by atoms with van der Waals surface area (Å²) in [5.74, 6) is -0.502. The molecule has 3 aromatic carbocycles. The highest BCUT2D eigenvalue weighted by Gasteiger charge is 2.25. The van der Waals surface area contributed by atoms with Gasteiger partial charge in [-0.15, -0.1) is 0 Å². The van der Waals surface area contributed by atoms with E-state index in [0.29, 0.717) is 5.69 Å². The van der Waals surface area contributed by atoms with Gasteiger partial charge in [0.25, 0.3) is 0 Å². The van der Waals surface area contributed by atoms with Crippen molar-refractivity contribution in [1.82, 2.24) is 4.72 Å². The number of benzene rings is 3. The molecule has 0 aliphatic rings. The smallest absolute Gasteiger partial charge is 0.242 e. The Kier molecular flexibility index (Phi) is 7.44. The number of anilines is 1. The van der Waals surface area contributed by atoms with Gasteiger partial charge in [0.2, 0.25) is 15.9 Å². The van der Waals surface area contributed by atoms with Crippen molar-refractivity contribution in [3.63, 3.8) is 0 Å². The van der Waals surface area contributed by atoms with Crippen molar-refractivity contribution in [2.24, 2.45) is 0 Å². The number of para-hydroxylation sites is 1. The molecular formula is C21H18Cl2N2O3S2. The second kappa shape index (κ2) is 9.85. The minimum Gasteiger partial charge on any atom is -0.324 e. The first-order chi connectivity index (χ1) is 14.3. The zero-order chi connectivity index (χ0) is 21.7. The van der Waals surface area contributed by atoms with E-state index in [1.54, 1.807) is 12.1 Å². The second-order valence-electron chi connectivity index (χ2n) is 6.32. The largest absolute Gasteiger partial charge is 0.324 e. The highest BCUT2D eigenvalue weighted by molar-refractivity contribution is 7.99. The molecule has 0 heterocycles. The van der Waals surface area contributed by atoms with Crippen molar-refractivity contribution < 1.29 is 13.2 Å². The van der Waals surface area contributed by atoms with E-state index in [2.05, 4.69) is 10.0 Å². The van der Waals surface area contributed by atoms with Gasteiger partial charge in [-0.2, -0.15) is 4.72 Å². The van der Waals surface area contributed by atoms with Gasteiger partial charge < -0.3 is 5.32 Å². The third-order valence-corrected chi connectivity index (χ3v) is 7.37. The molecule has 0 bridgehead atoms. The van der Waals surface area contributed by atoms with Gasteiger partial charge in [-0.1, -0.05) is 65.3 Å². The number of hydrogen-bond acceptors (Lipinski definition) is 4. The van der Waals surface area contributed by atoms with Crippen molar-refractivity contribution in [1.29, 1.82) is 0 Å². The zero-order valence-electron chi connectivity index (χ0n) is 15.8. The quantitative estimate of drug-likeness (QED) is 0.471. The van der Waals surface area contributed by atoms with Crippen molar-refractivity contribution in [3.8, 4) is 0 Å². The summed E-state index contributed by atoms with van der Waals surface area (Å²) in [6, 6.07) is 20.1. The summed E-state index contributed by atoms with van der Waals surface area (Å²) in [5, 5.41) is 3.03. The summed E-state index contributed by atoms with van der Waals surface area (Å²) >= 11 is 13.4. The van der Waals surface area contributed by atoms with E-state index in [-0.39, 0.29) is 14.9 Å². The molecule has 5 nitrogen and oxygen atoms in total. The van der Waals surface area contributed by atoms with Gasteiger partial charge in [0.1, 0.15) is 4.90 Å². The second-order valence-corrected chi connectivity index (χ2v) is 9.96. The number of amides is 1. The minimum atomic E-state index is -4.04. The van der Waals surface area contributed by atoms with E-state index < -0.39 is 22.0 Å². The Morgan fingerprint density at radius 2 is 1.63 bits per heavy atom. The lowest BCUT2D eigenvalue weighted by atomic mass is 10.3. The van der Waals surface area contributed by atoms with Crippen LogP contribution >= 0.6 is 35.0 Å². The van der Waals surface area contributed by atoms with Crippen LogP contribution in [0, 0.1) is 0 Å². The fourth-order valence-electron chi connectivity index (χ4n) is 2.55. The van der Waals surface area contributed by atoms with Gasteiger partial charge in [-0.05, 0) is 49.4 Å². The van der Waals surface area contributed by atoms with Crippen LogP contribution in [-0.4, -0.2) is 20.4 Å². The Hall–Kier alpha value is -2.03. The van der Waals surface area contributed by atoms with Gasteiger partial charge >= 0.3 is 0 Å². The van der Waals surface area contributed by atoms with Crippen LogP contribution < -0.4 is 10.0 Å². The molecule has 0 spiro atoms. The van der Waals surface area contributed by atoms with Crippen LogP contribution in [0.3, 0.4) is 0 Å². The molecule has 3 aromatic rings. The Balaban J connectivity index is 1.74. The van der Waals surface area contributed by atoms with Crippen LogP contribution in [0.5, 0.6) is 0 Å². The molecule has 0 radical (unpaired) electrons. The zero-order valence-corrected chi connectivity index (χ0v) is 18.9. The molecule has 9 heteroatoms. The van der Waals surface area contributed by atoms with Crippen molar-refractivity contribution in [2.75, 3.05) is 5.32 Å². The standard InChI is InChI=1S/C21H18Cl2N2O3S2/c1-14(25-30(27,28)20-13-15(22)11-12-17(20)23)21(26)24-18-9-5-6-10-19(18)29-16-7-3-2-4-8-16/h2-14,25H,1H3,(H,24,26)/t14-/m1/s1. The number of halogens is 2. The molecule has 0 fully saturated rings. The molecule has 1 atom stereocenters. The maximum Gasteiger partial charge on any atom is 0.242 e. The van der Waals surface area contributed by atoms with Crippen molar-refractivity contribution >= 4 is 56.6 Å². The van der Waals surface area contributed by atoms with Crippen LogP contribution in [-0.2, 0) is 14.8 Å². The minimum absolute atomic E-state index is 0.0177. The van der Waals surface area contributed by atoms with Crippen molar-refractivity contribution in [2.45, 2.75) is 27.7 Å².